The van der Waals surface area contributed by atoms with Gasteiger partial charge in [0.15, 0.2) is 5.13 Å². The highest BCUT2D eigenvalue weighted by molar-refractivity contribution is 7.99. The second-order valence-corrected chi connectivity index (χ2v) is 9.32. The van der Waals surface area contributed by atoms with Crippen LogP contribution >= 0.6 is 23.1 Å². The van der Waals surface area contributed by atoms with E-state index in [1.165, 1.54) is 23.1 Å². The van der Waals surface area contributed by atoms with Gasteiger partial charge in [0.05, 0.1) is 24.1 Å². The summed E-state index contributed by atoms with van der Waals surface area (Å²) in [5.41, 5.74) is 4.79. The Kier molecular flexibility index (Phi) is 7.58. The fourth-order valence-corrected chi connectivity index (χ4v) is 4.97. The Morgan fingerprint density at radius 3 is 2.53 bits per heavy atom. The molecule has 0 spiro atoms. The van der Waals surface area contributed by atoms with Gasteiger partial charge in [-0.15, -0.1) is 23.1 Å². The van der Waals surface area contributed by atoms with Crippen LogP contribution in [0.2, 0.25) is 0 Å². The van der Waals surface area contributed by atoms with Crippen molar-refractivity contribution in [1.82, 2.24) is 9.97 Å². The number of pyridine rings is 1. The fraction of sp³-hybridized carbons (Fsp3) is 0.154. The van der Waals surface area contributed by atoms with Crippen molar-refractivity contribution in [3.63, 3.8) is 0 Å². The number of nitrogens with one attached hydrogen (secondary N) is 1. The van der Waals surface area contributed by atoms with E-state index in [9.17, 15) is 10.1 Å². The monoisotopic (exact) mass is 486 g/mol. The lowest BCUT2D eigenvalue weighted by Gasteiger charge is -2.13. The number of hydrogen-bond acceptors (Lipinski definition) is 7. The second kappa shape index (κ2) is 11.0. The zero-order valence-electron chi connectivity index (χ0n) is 18.7. The summed E-state index contributed by atoms with van der Waals surface area (Å²) < 4.78 is 5.27. The zero-order valence-corrected chi connectivity index (χ0v) is 20.4. The van der Waals surface area contributed by atoms with Crippen LogP contribution in [0.5, 0.6) is 5.75 Å². The molecule has 0 aliphatic carbocycles. The summed E-state index contributed by atoms with van der Waals surface area (Å²) in [5.74, 6) is 1.11. The van der Waals surface area contributed by atoms with Crippen LogP contribution in [-0.4, -0.2) is 28.7 Å². The lowest BCUT2D eigenvalue weighted by atomic mass is 9.99. The van der Waals surface area contributed by atoms with Crippen molar-refractivity contribution in [3.8, 4) is 34.2 Å². The summed E-state index contributed by atoms with van der Waals surface area (Å²) in [7, 11) is 1.62. The third-order valence-corrected chi connectivity index (χ3v) is 6.85. The van der Waals surface area contributed by atoms with Gasteiger partial charge >= 0.3 is 0 Å². The maximum absolute atomic E-state index is 12.3. The number of aryl methyl sites for hydroxylation is 1. The summed E-state index contributed by atoms with van der Waals surface area (Å²) in [6.07, 6.45) is 0.281. The van der Waals surface area contributed by atoms with Gasteiger partial charge in [0.2, 0.25) is 5.91 Å². The van der Waals surface area contributed by atoms with Crippen LogP contribution in [0.4, 0.5) is 5.13 Å². The maximum atomic E-state index is 12.3. The first-order valence-corrected chi connectivity index (χ1v) is 12.4. The third kappa shape index (κ3) is 5.63. The lowest BCUT2D eigenvalue weighted by Crippen LogP contribution is -2.12. The standard InChI is InChI=1S/C26H22N4O2S2/c1-17-16-34-26(28-17)30-24(31)12-13-33-25-22(15-27)21(18-8-10-20(32-2)11-9-18)14-23(29-25)19-6-4-3-5-7-19/h3-11,14,16H,12-13H2,1-2H3,(H,28,30,31). The van der Waals surface area contributed by atoms with E-state index in [1.54, 1.807) is 7.11 Å². The number of nitrogens with zero attached hydrogens (tertiary/aromatic N) is 3. The molecule has 2 aromatic carbocycles. The molecule has 6 nitrogen and oxygen atoms in total. The lowest BCUT2D eigenvalue weighted by molar-refractivity contribution is -0.115. The number of nitriles is 1. The highest BCUT2D eigenvalue weighted by atomic mass is 32.2. The van der Waals surface area contributed by atoms with Gasteiger partial charge in [-0.05, 0) is 30.7 Å². The number of methoxy groups -OCH3 is 1. The number of anilines is 1. The number of thioether (sulfide) groups is 1. The second-order valence-electron chi connectivity index (χ2n) is 7.38. The van der Waals surface area contributed by atoms with E-state index in [0.717, 1.165) is 33.8 Å². The maximum Gasteiger partial charge on any atom is 0.226 e. The van der Waals surface area contributed by atoms with Crippen LogP contribution < -0.4 is 10.1 Å². The number of amides is 1. The smallest absolute Gasteiger partial charge is 0.226 e. The molecule has 0 aliphatic heterocycles. The minimum Gasteiger partial charge on any atom is -0.497 e. The Morgan fingerprint density at radius 2 is 1.88 bits per heavy atom. The summed E-state index contributed by atoms with van der Waals surface area (Å²) >= 11 is 2.81. The molecule has 4 aromatic rings. The summed E-state index contributed by atoms with van der Waals surface area (Å²) in [4.78, 5) is 21.4. The zero-order chi connectivity index (χ0) is 23.9. The molecular formula is C26H22N4O2S2. The van der Waals surface area contributed by atoms with Crippen LogP contribution in [0, 0.1) is 18.3 Å². The minimum absolute atomic E-state index is 0.116. The van der Waals surface area contributed by atoms with E-state index in [2.05, 4.69) is 16.4 Å². The van der Waals surface area contributed by atoms with E-state index in [0.29, 0.717) is 21.5 Å². The first kappa shape index (κ1) is 23.5. The van der Waals surface area contributed by atoms with E-state index in [-0.39, 0.29) is 12.3 Å². The van der Waals surface area contributed by atoms with E-state index < -0.39 is 0 Å². The van der Waals surface area contributed by atoms with Crippen LogP contribution in [0.25, 0.3) is 22.4 Å². The number of hydrogen-bond donors (Lipinski definition) is 1. The first-order chi connectivity index (χ1) is 16.6. The van der Waals surface area contributed by atoms with Crippen LogP contribution in [0.15, 0.2) is 71.1 Å². The van der Waals surface area contributed by atoms with Gasteiger partial charge in [0.1, 0.15) is 16.8 Å². The molecular weight excluding hydrogens is 464 g/mol. The molecule has 2 aromatic heterocycles. The molecule has 0 atom stereocenters. The molecule has 1 amide bonds. The highest BCUT2D eigenvalue weighted by Crippen LogP contribution is 2.35. The van der Waals surface area contributed by atoms with Gasteiger partial charge in [-0.3, -0.25) is 4.79 Å². The van der Waals surface area contributed by atoms with Crippen LogP contribution in [0.3, 0.4) is 0 Å². The summed E-state index contributed by atoms with van der Waals surface area (Å²) in [6, 6.07) is 21.7. The molecule has 2 heterocycles. The number of carbonyl (C=O) groups is 1. The average Bonchev–Trinajstić information content (AvgIpc) is 3.28. The van der Waals surface area contributed by atoms with Crippen LogP contribution in [0.1, 0.15) is 17.7 Å². The highest BCUT2D eigenvalue weighted by Gasteiger charge is 2.17. The predicted octanol–water partition coefficient (Wildman–Crippen LogP) is 6.18. The quantitative estimate of drug-likeness (QED) is 0.299. The molecule has 34 heavy (non-hydrogen) atoms. The van der Waals surface area contributed by atoms with E-state index >= 15 is 0 Å². The van der Waals surface area contributed by atoms with Crippen molar-refractivity contribution >= 4 is 34.1 Å². The Morgan fingerprint density at radius 1 is 1.12 bits per heavy atom. The number of carbonyl (C=O) groups excluding carboxylic acids is 1. The molecule has 1 N–H and O–H groups in total. The molecule has 0 aliphatic rings. The molecule has 170 valence electrons. The first-order valence-electron chi connectivity index (χ1n) is 10.6. The van der Waals surface area contributed by atoms with Crippen molar-refractivity contribution < 1.29 is 9.53 Å². The van der Waals surface area contributed by atoms with Crippen molar-refractivity contribution in [2.75, 3.05) is 18.2 Å². The Bertz CT molecular complexity index is 1330. The minimum atomic E-state index is -0.116. The molecule has 0 fully saturated rings. The predicted molar refractivity (Wildman–Crippen MR) is 137 cm³/mol. The topological polar surface area (TPSA) is 87.9 Å². The van der Waals surface area contributed by atoms with E-state index in [1.807, 2.05) is 73.0 Å². The molecule has 0 radical (unpaired) electrons. The number of ether oxygens (including phenoxy) is 1. The molecule has 0 bridgehead atoms. The van der Waals surface area contributed by atoms with Crippen molar-refractivity contribution in [2.24, 2.45) is 0 Å². The SMILES string of the molecule is COc1ccc(-c2cc(-c3ccccc3)nc(SCCC(=O)Nc3nc(C)cs3)c2C#N)cc1. The average molecular weight is 487 g/mol. The van der Waals surface area contributed by atoms with Gasteiger partial charge in [-0.25, -0.2) is 9.97 Å². The van der Waals surface area contributed by atoms with Gasteiger partial charge in [0.25, 0.3) is 0 Å². The van der Waals surface area contributed by atoms with Gasteiger partial charge < -0.3 is 10.1 Å². The molecule has 4 rings (SSSR count). The fourth-order valence-electron chi connectivity index (χ4n) is 3.32. The van der Waals surface area contributed by atoms with Gasteiger partial charge in [-0.2, -0.15) is 5.26 Å². The number of aromatic nitrogens is 2. The van der Waals surface area contributed by atoms with Crippen molar-refractivity contribution in [3.05, 3.63) is 77.3 Å². The summed E-state index contributed by atoms with van der Waals surface area (Å²) in [6.45, 7) is 1.89. The molecule has 0 saturated carbocycles. The summed E-state index contributed by atoms with van der Waals surface area (Å²) in [5, 5.41) is 15.9. The van der Waals surface area contributed by atoms with Crippen molar-refractivity contribution in [1.29, 1.82) is 5.26 Å². The number of rotatable bonds is 8. The molecule has 8 heteroatoms. The van der Waals surface area contributed by atoms with E-state index in [4.69, 9.17) is 9.72 Å². The largest absolute Gasteiger partial charge is 0.497 e. The number of thiazole rings is 1. The number of benzene rings is 2. The van der Waals surface area contributed by atoms with Gasteiger partial charge in [0, 0.05) is 28.7 Å². The Labute approximate surface area is 206 Å². The van der Waals surface area contributed by atoms with Crippen molar-refractivity contribution in [2.45, 2.75) is 18.4 Å². The Balaban J connectivity index is 1.62. The molecule has 0 unspecified atom stereocenters. The van der Waals surface area contributed by atoms with Crippen LogP contribution in [-0.2, 0) is 4.79 Å². The molecule has 0 saturated heterocycles. The van der Waals surface area contributed by atoms with Gasteiger partial charge in [-0.1, -0.05) is 42.5 Å². The third-order valence-electron chi connectivity index (χ3n) is 5.00. The Hall–Kier alpha value is -3.67. The normalized spacial score (nSPS) is 10.5.